The van der Waals surface area contributed by atoms with Crippen LogP contribution in [0.2, 0.25) is 0 Å². The summed E-state index contributed by atoms with van der Waals surface area (Å²) in [6.07, 6.45) is 0. The highest BCUT2D eigenvalue weighted by Crippen LogP contribution is 2.21. The van der Waals surface area contributed by atoms with E-state index in [1.165, 1.54) is 0 Å². The highest BCUT2D eigenvalue weighted by molar-refractivity contribution is 5.97. The molecule has 0 saturated carbocycles. The van der Waals surface area contributed by atoms with E-state index in [1.807, 2.05) is 13.8 Å². The molecule has 2 heterocycles. The van der Waals surface area contributed by atoms with Gasteiger partial charge in [-0.1, -0.05) is 19.1 Å². The van der Waals surface area contributed by atoms with Gasteiger partial charge in [0, 0.05) is 0 Å². The minimum absolute atomic E-state index is 0.165. The van der Waals surface area contributed by atoms with E-state index in [-0.39, 0.29) is 24.1 Å². The van der Waals surface area contributed by atoms with Crippen LogP contribution in [0.3, 0.4) is 0 Å². The molecule has 2 rings (SSSR count). The Balaban J connectivity index is 2.05. The lowest BCUT2D eigenvalue weighted by atomic mass is 10.1. The summed E-state index contributed by atoms with van der Waals surface area (Å²) in [4.78, 5) is 11.8. The molecule has 1 amide bonds. The van der Waals surface area contributed by atoms with E-state index in [4.69, 9.17) is 5.73 Å². The van der Waals surface area contributed by atoms with Crippen molar-refractivity contribution in [1.82, 2.24) is 36.1 Å². The molecule has 0 atom stereocenters. The normalized spacial score (nSPS) is 10.8. The number of nitrogens with two attached hydrogens (primary N) is 1. The molecule has 0 bridgehead atoms. The topological polar surface area (TPSA) is 138 Å². The fourth-order valence-electron chi connectivity index (χ4n) is 1.48. The molecule has 5 N–H and O–H groups in total. The molecule has 0 saturated heterocycles. The Hall–Kier alpha value is -2.45. The van der Waals surface area contributed by atoms with Crippen molar-refractivity contribution in [3.05, 3.63) is 17.2 Å². The van der Waals surface area contributed by atoms with Gasteiger partial charge in [0.15, 0.2) is 11.5 Å². The molecule has 0 fully saturated rings. The molecule has 0 spiro atoms. The zero-order valence-corrected chi connectivity index (χ0v) is 10.1. The number of nitrogen functional groups attached to an aromatic ring is 1. The van der Waals surface area contributed by atoms with Crippen LogP contribution in [0.15, 0.2) is 0 Å². The van der Waals surface area contributed by atoms with Crippen LogP contribution in [0.5, 0.6) is 0 Å². The van der Waals surface area contributed by atoms with Crippen LogP contribution >= 0.6 is 0 Å². The van der Waals surface area contributed by atoms with Crippen LogP contribution in [-0.2, 0) is 6.54 Å². The largest absolute Gasteiger partial charge is 0.395 e. The highest BCUT2D eigenvalue weighted by atomic mass is 16.2. The Labute approximate surface area is 103 Å². The Morgan fingerprint density at radius 1 is 1.44 bits per heavy atom. The molecule has 2 aromatic heterocycles. The number of aromatic amines is 2. The number of rotatable bonds is 4. The zero-order chi connectivity index (χ0) is 13.1. The lowest BCUT2D eigenvalue weighted by Crippen LogP contribution is -2.24. The molecule has 9 nitrogen and oxygen atoms in total. The van der Waals surface area contributed by atoms with E-state index in [0.717, 1.165) is 5.69 Å². The maximum Gasteiger partial charge on any atom is 0.274 e. The van der Waals surface area contributed by atoms with Crippen molar-refractivity contribution in [2.45, 2.75) is 26.3 Å². The van der Waals surface area contributed by atoms with E-state index in [2.05, 4.69) is 36.1 Å². The van der Waals surface area contributed by atoms with E-state index in [0.29, 0.717) is 11.5 Å². The predicted molar refractivity (Wildman–Crippen MR) is 62.4 cm³/mol. The molecule has 0 radical (unpaired) electrons. The zero-order valence-electron chi connectivity index (χ0n) is 10.1. The summed E-state index contributed by atoms with van der Waals surface area (Å²) >= 11 is 0. The summed E-state index contributed by atoms with van der Waals surface area (Å²) in [6, 6.07) is 0. The van der Waals surface area contributed by atoms with Gasteiger partial charge in [-0.05, 0) is 5.92 Å². The number of anilines is 1. The van der Waals surface area contributed by atoms with E-state index < -0.39 is 0 Å². The number of H-pyrrole nitrogens is 2. The number of carbonyl (C=O) groups excluding carboxylic acids is 1. The number of amides is 1. The summed E-state index contributed by atoms with van der Waals surface area (Å²) in [5.41, 5.74) is 7.15. The first-order chi connectivity index (χ1) is 8.59. The lowest BCUT2D eigenvalue weighted by Gasteiger charge is -2.03. The van der Waals surface area contributed by atoms with Gasteiger partial charge in [-0.3, -0.25) is 9.89 Å². The summed E-state index contributed by atoms with van der Waals surface area (Å²) in [5.74, 6) is 0.193. The Kier molecular flexibility index (Phi) is 3.22. The molecule has 18 heavy (non-hydrogen) atoms. The third-order valence-corrected chi connectivity index (χ3v) is 2.42. The molecule has 0 aliphatic heterocycles. The molecular weight excluding hydrogens is 236 g/mol. The minimum Gasteiger partial charge on any atom is -0.395 e. The van der Waals surface area contributed by atoms with Crippen LogP contribution in [-0.4, -0.2) is 36.7 Å². The maximum atomic E-state index is 11.8. The van der Waals surface area contributed by atoms with Crippen molar-refractivity contribution in [2.24, 2.45) is 0 Å². The fraction of sp³-hybridized carbons (Fsp3) is 0.444. The quantitative estimate of drug-likeness (QED) is 0.580. The summed E-state index contributed by atoms with van der Waals surface area (Å²) in [7, 11) is 0. The first-order valence-electron chi connectivity index (χ1n) is 5.43. The first-order valence-corrected chi connectivity index (χ1v) is 5.43. The average Bonchev–Trinajstić information content (AvgIpc) is 2.94. The van der Waals surface area contributed by atoms with Crippen LogP contribution in [0, 0.1) is 0 Å². The number of nitrogens with one attached hydrogen (secondary N) is 3. The average molecular weight is 250 g/mol. The number of hydrogen-bond donors (Lipinski definition) is 4. The maximum absolute atomic E-state index is 11.8. The summed E-state index contributed by atoms with van der Waals surface area (Å²) < 4.78 is 0. The fourth-order valence-corrected chi connectivity index (χ4v) is 1.48. The first kappa shape index (κ1) is 12.0. The van der Waals surface area contributed by atoms with Gasteiger partial charge < -0.3 is 11.1 Å². The van der Waals surface area contributed by atoms with Crippen LogP contribution in [0.1, 0.15) is 41.8 Å². The monoisotopic (exact) mass is 250 g/mol. The Bertz CT molecular complexity index is 529. The van der Waals surface area contributed by atoms with E-state index in [9.17, 15) is 4.79 Å². The van der Waals surface area contributed by atoms with E-state index in [1.54, 1.807) is 0 Å². The predicted octanol–water partition coefficient (Wildman–Crippen LogP) is -0.442. The molecule has 96 valence electrons. The summed E-state index contributed by atoms with van der Waals surface area (Å²) in [6.45, 7) is 4.09. The third kappa shape index (κ3) is 2.29. The standard InChI is InChI=1S/C9H14N8O/c1-4(2)7-6(10)8(15-14-7)9(18)11-3-5-12-16-17-13-5/h4H,3,10H2,1-2H3,(H,11,18)(H,14,15)(H,12,13,16,17). The Morgan fingerprint density at radius 3 is 2.78 bits per heavy atom. The van der Waals surface area contributed by atoms with E-state index >= 15 is 0 Å². The molecule has 2 aromatic rings. The second-order valence-electron chi connectivity index (χ2n) is 4.06. The van der Waals surface area contributed by atoms with Gasteiger partial charge in [0.1, 0.15) is 0 Å². The molecule has 0 unspecified atom stereocenters. The van der Waals surface area contributed by atoms with Gasteiger partial charge in [0.2, 0.25) is 0 Å². The smallest absolute Gasteiger partial charge is 0.274 e. The lowest BCUT2D eigenvalue weighted by molar-refractivity contribution is 0.0946. The van der Waals surface area contributed by atoms with Crippen LogP contribution in [0.25, 0.3) is 0 Å². The third-order valence-electron chi connectivity index (χ3n) is 2.42. The van der Waals surface area contributed by atoms with Gasteiger partial charge in [0.25, 0.3) is 5.91 Å². The van der Waals surface area contributed by atoms with Gasteiger partial charge in [0.05, 0.1) is 17.9 Å². The van der Waals surface area contributed by atoms with Gasteiger partial charge in [-0.15, -0.1) is 10.2 Å². The molecule has 0 aliphatic rings. The van der Waals surface area contributed by atoms with Gasteiger partial charge in [-0.2, -0.15) is 10.3 Å². The second-order valence-corrected chi connectivity index (χ2v) is 4.06. The second kappa shape index (κ2) is 4.82. The number of nitrogens with zero attached hydrogens (tertiary/aromatic N) is 4. The number of tetrazole rings is 1. The molecule has 9 heteroatoms. The van der Waals surface area contributed by atoms with Gasteiger partial charge in [-0.25, -0.2) is 0 Å². The molecule has 0 aromatic carbocycles. The van der Waals surface area contributed by atoms with Gasteiger partial charge >= 0.3 is 0 Å². The number of hydrogen-bond acceptors (Lipinski definition) is 6. The molecule has 0 aliphatic carbocycles. The number of aromatic nitrogens is 6. The van der Waals surface area contributed by atoms with Crippen molar-refractivity contribution >= 4 is 11.6 Å². The van der Waals surface area contributed by atoms with Crippen LogP contribution in [0.4, 0.5) is 5.69 Å². The summed E-state index contributed by atoms with van der Waals surface area (Å²) in [5, 5.41) is 22.4. The highest BCUT2D eigenvalue weighted by Gasteiger charge is 2.18. The Morgan fingerprint density at radius 2 is 2.22 bits per heavy atom. The number of carbonyl (C=O) groups is 1. The van der Waals surface area contributed by atoms with Crippen molar-refractivity contribution in [2.75, 3.05) is 5.73 Å². The van der Waals surface area contributed by atoms with Crippen molar-refractivity contribution in [1.29, 1.82) is 0 Å². The van der Waals surface area contributed by atoms with Crippen molar-refractivity contribution in [3.8, 4) is 0 Å². The van der Waals surface area contributed by atoms with Crippen LogP contribution < -0.4 is 11.1 Å². The van der Waals surface area contributed by atoms with Crippen molar-refractivity contribution in [3.63, 3.8) is 0 Å². The van der Waals surface area contributed by atoms with Crippen molar-refractivity contribution < 1.29 is 4.79 Å². The molecular formula is C9H14N8O. The SMILES string of the molecule is CC(C)c1[nH]nc(C(=O)NCc2nn[nH]n2)c1N. The minimum atomic E-state index is -0.375.